The van der Waals surface area contributed by atoms with E-state index in [4.69, 9.17) is 5.11 Å². The summed E-state index contributed by atoms with van der Waals surface area (Å²) < 4.78 is 0. The molecular formula is C20H18N2O4. The summed E-state index contributed by atoms with van der Waals surface area (Å²) in [6.07, 6.45) is 5.51. The van der Waals surface area contributed by atoms with Gasteiger partial charge in [-0.3, -0.25) is 0 Å². The van der Waals surface area contributed by atoms with Gasteiger partial charge in [0.1, 0.15) is 0 Å². The lowest BCUT2D eigenvalue weighted by Gasteiger charge is -2.22. The van der Waals surface area contributed by atoms with E-state index in [1.807, 2.05) is 22.2 Å². The van der Waals surface area contributed by atoms with Crippen LogP contribution >= 0.6 is 0 Å². The van der Waals surface area contributed by atoms with Crippen LogP contribution in [0.4, 0.5) is 5.69 Å². The number of carboxylic acids is 2. The summed E-state index contributed by atoms with van der Waals surface area (Å²) in [5, 5.41) is 18.5. The first-order valence-corrected chi connectivity index (χ1v) is 8.00. The Hall–Kier alpha value is -3.54. The fourth-order valence-corrected chi connectivity index (χ4v) is 2.84. The summed E-state index contributed by atoms with van der Waals surface area (Å²) >= 11 is 0. The Labute approximate surface area is 150 Å². The minimum Gasteiger partial charge on any atom is -0.478 e. The molecule has 0 spiro atoms. The van der Waals surface area contributed by atoms with Gasteiger partial charge in [0, 0.05) is 18.9 Å². The molecule has 1 aliphatic heterocycles. The van der Waals surface area contributed by atoms with Crippen LogP contribution in [0.2, 0.25) is 0 Å². The number of aromatic carboxylic acids is 2. The molecular weight excluding hydrogens is 332 g/mol. The molecule has 26 heavy (non-hydrogen) atoms. The van der Waals surface area contributed by atoms with Gasteiger partial charge < -0.3 is 20.0 Å². The van der Waals surface area contributed by atoms with E-state index >= 15 is 0 Å². The van der Waals surface area contributed by atoms with Crippen LogP contribution in [0.25, 0.3) is 11.1 Å². The Morgan fingerprint density at radius 3 is 2.31 bits per heavy atom. The number of carbonyl (C=O) groups is 2. The zero-order chi connectivity index (χ0) is 18.7. The van der Waals surface area contributed by atoms with Gasteiger partial charge in [-0.15, -0.1) is 6.58 Å². The quantitative estimate of drug-likeness (QED) is 0.776. The van der Waals surface area contributed by atoms with Crippen LogP contribution < -0.4 is 4.90 Å². The second-order valence-corrected chi connectivity index (χ2v) is 5.89. The number of rotatable bonds is 6. The molecule has 1 aliphatic rings. The van der Waals surface area contributed by atoms with Crippen molar-refractivity contribution >= 4 is 17.6 Å². The summed E-state index contributed by atoms with van der Waals surface area (Å²) in [5.41, 5.74) is 2.64. The summed E-state index contributed by atoms with van der Waals surface area (Å²) in [6, 6.07) is 11.6. The zero-order valence-electron chi connectivity index (χ0n) is 14.0. The van der Waals surface area contributed by atoms with E-state index in [9.17, 15) is 14.7 Å². The monoisotopic (exact) mass is 350 g/mol. The number of benzene rings is 2. The maximum atomic E-state index is 11.6. The molecule has 0 saturated carbocycles. The van der Waals surface area contributed by atoms with Gasteiger partial charge in [-0.1, -0.05) is 24.3 Å². The first kappa shape index (κ1) is 17.3. The molecule has 0 saturated heterocycles. The van der Waals surface area contributed by atoms with Gasteiger partial charge in [-0.05, 0) is 35.4 Å². The molecule has 1 heterocycles. The third-order valence-corrected chi connectivity index (χ3v) is 4.16. The van der Waals surface area contributed by atoms with Crippen LogP contribution in [-0.4, -0.2) is 40.3 Å². The van der Waals surface area contributed by atoms with Crippen molar-refractivity contribution in [3.05, 3.63) is 78.6 Å². The highest BCUT2D eigenvalue weighted by atomic mass is 16.4. The average molecular weight is 350 g/mol. The minimum absolute atomic E-state index is 0.207. The van der Waals surface area contributed by atoms with E-state index in [0.29, 0.717) is 18.9 Å². The highest BCUT2D eigenvalue weighted by Crippen LogP contribution is 2.30. The lowest BCUT2D eigenvalue weighted by atomic mass is 10.0. The van der Waals surface area contributed by atoms with Gasteiger partial charge in [0.25, 0.3) is 0 Å². The van der Waals surface area contributed by atoms with Crippen molar-refractivity contribution in [2.24, 2.45) is 0 Å². The lowest BCUT2D eigenvalue weighted by molar-refractivity contribution is 0.0686. The molecule has 0 bridgehead atoms. The molecule has 2 aromatic carbocycles. The number of anilines is 1. The van der Waals surface area contributed by atoms with Crippen LogP contribution in [0.5, 0.6) is 0 Å². The molecule has 3 rings (SSSR count). The smallest absolute Gasteiger partial charge is 0.337 e. The summed E-state index contributed by atoms with van der Waals surface area (Å²) in [7, 11) is 0. The maximum Gasteiger partial charge on any atom is 0.337 e. The second kappa shape index (κ2) is 7.14. The molecule has 2 N–H and O–H groups in total. The predicted molar refractivity (Wildman–Crippen MR) is 99.2 cm³/mol. The Morgan fingerprint density at radius 2 is 1.69 bits per heavy atom. The van der Waals surface area contributed by atoms with Crippen molar-refractivity contribution in [1.29, 1.82) is 0 Å². The predicted octanol–water partition coefficient (Wildman–Crippen LogP) is 3.49. The van der Waals surface area contributed by atoms with Crippen LogP contribution in [0.3, 0.4) is 0 Å². The first-order valence-electron chi connectivity index (χ1n) is 8.00. The van der Waals surface area contributed by atoms with Crippen LogP contribution in [-0.2, 0) is 0 Å². The number of hydrogen-bond acceptors (Lipinski definition) is 4. The van der Waals surface area contributed by atoms with Gasteiger partial charge in [0.2, 0.25) is 0 Å². The van der Waals surface area contributed by atoms with Crippen molar-refractivity contribution in [2.75, 3.05) is 18.1 Å². The van der Waals surface area contributed by atoms with Crippen molar-refractivity contribution in [2.45, 2.75) is 0 Å². The molecule has 0 amide bonds. The molecule has 6 heteroatoms. The van der Waals surface area contributed by atoms with Gasteiger partial charge >= 0.3 is 11.9 Å². The number of hydrogen-bond donors (Lipinski definition) is 2. The fourth-order valence-electron chi connectivity index (χ4n) is 2.84. The standard InChI is InChI=1S/C20H18N2O4/c1-2-9-21-10-11-22(13-21)18-12-16(7-8-17(18)20(25)26)14-3-5-15(6-4-14)19(23)24/h2-8,10-12H,1,9,13H2,(H,23,24)(H,25,26). The van der Waals surface area contributed by atoms with E-state index in [2.05, 4.69) is 6.58 Å². The Balaban J connectivity index is 1.96. The Bertz CT molecular complexity index is 887. The van der Waals surface area contributed by atoms with Gasteiger partial charge in [0.15, 0.2) is 0 Å². The largest absolute Gasteiger partial charge is 0.478 e. The Morgan fingerprint density at radius 1 is 1.00 bits per heavy atom. The van der Waals surface area contributed by atoms with Gasteiger partial charge in [-0.25, -0.2) is 9.59 Å². The molecule has 0 radical (unpaired) electrons. The third-order valence-electron chi connectivity index (χ3n) is 4.16. The topological polar surface area (TPSA) is 81.1 Å². The van der Waals surface area contributed by atoms with Crippen molar-refractivity contribution in [3.8, 4) is 11.1 Å². The van der Waals surface area contributed by atoms with Gasteiger partial charge in [-0.2, -0.15) is 0 Å². The average Bonchev–Trinajstić information content (AvgIpc) is 3.10. The molecule has 132 valence electrons. The zero-order valence-corrected chi connectivity index (χ0v) is 14.0. The summed E-state index contributed by atoms with van der Waals surface area (Å²) in [5.74, 6) is -1.98. The summed E-state index contributed by atoms with van der Waals surface area (Å²) in [4.78, 5) is 26.5. The van der Waals surface area contributed by atoms with Gasteiger partial charge in [0.05, 0.1) is 23.5 Å². The Kier molecular flexibility index (Phi) is 4.75. The highest BCUT2D eigenvalue weighted by Gasteiger charge is 2.20. The van der Waals surface area contributed by atoms with E-state index < -0.39 is 11.9 Å². The molecule has 0 unspecified atom stereocenters. The molecule has 0 atom stereocenters. The minimum atomic E-state index is -0.997. The van der Waals surface area contributed by atoms with Crippen molar-refractivity contribution < 1.29 is 19.8 Å². The molecule has 0 aliphatic carbocycles. The first-order chi connectivity index (χ1) is 12.5. The SMILES string of the molecule is C=CCN1C=CN(c2cc(-c3ccc(C(=O)O)cc3)ccc2C(=O)O)C1. The van der Waals surface area contributed by atoms with Crippen LogP contribution in [0.15, 0.2) is 67.5 Å². The highest BCUT2D eigenvalue weighted by molar-refractivity contribution is 5.96. The van der Waals surface area contributed by atoms with Crippen molar-refractivity contribution in [3.63, 3.8) is 0 Å². The number of carboxylic acid groups (broad SMARTS) is 2. The summed E-state index contributed by atoms with van der Waals surface area (Å²) in [6.45, 7) is 4.92. The number of nitrogens with zero attached hydrogens (tertiary/aromatic N) is 2. The third kappa shape index (κ3) is 3.44. The molecule has 0 fully saturated rings. The lowest BCUT2D eigenvalue weighted by Crippen LogP contribution is -2.26. The van der Waals surface area contributed by atoms with Crippen LogP contribution in [0, 0.1) is 0 Å². The fraction of sp³-hybridized carbons (Fsp3) is 0.100. The normalized spacial score (nSPS) is 13.1. The molecule has 6 nitrogen and oxygen atoms in total. The molecule has 0 aromatic heterocycles. The van der Waals surface area contributed by atoms with E-state index in [0.717, 1.165) is 11.1 Å². The molecule has 2 aromatic rings. The van der Waals surface area contributed by atoms with E-state index in [-0.39, 0.29) is 11.1 Å². The van der Waals surface area contributed by atoms with Crippen LogP contribution in [0.1, 0.15) is 20.7 Å². The van der Waals surface area contributed by atoms with E-state index in [1.165, 1.54) is 12.1 Å². The van der Waals surface area contributed by atoms with E-state index in [1.54, 1.807) is 36.4 Å². The maximum absolute atomic E-state index is 11.6. The van der Waals surface area contributed by atoms with Crippen molar-refractivity contribution in [1.82, 2.24) is 4.90 Å². The second-order valence-electron chi connectivity index (χ2n) is 5.89.